The number of benzene rings is 2. The standard InChI is InChI=1S/C22H23N3O3/c1-15-6-3-10-20(16(15)2)23-14-21(26)25-18-8-4-7-17(12-18)22(27)24-13-19-9-5-11-28-19/h3-12,23H,13-14H2,1-2H3,(H,24,27)(H,25,26). The molecule has 1 heterocycles. The molecule has 0 atom stereocenters. The van der Waals surface area contributed by atoms with Crippen molar-refractivity contribution in [3.05, 3.63) is 83.3 Å². The summed E-state index contributed by atoms with van der Waals surface area (Å²) in [6.07, 6.45) is 1.56. The lowest BCUT2D eigenvalue weighted by Crippen LogP contribution is -2.24. The number of amides is 2. The second-order valence-corrected chi connectivity index (χ2v) is 6.49. The summed E-state index contributed by atoms with van der Waals surface area (Å²) < 4.78 is 5.20. The largest absolute Gasteiger partial charge is 0.467 e. The van der Waals surface area contributed by atoms with Gasteiger partial charge >= 0.3 is 0 Å². The van der Waals surface area contributed by atoms with Crippen LogP contribution in [0.1, 0.15) is 27.2 Å². The third-order valence-electron chi connectivity index (χ3n) is 4.46. The van der Waals surface area contributed by atoms with Gasteiger partial charge in [0.05, 0.1) is 19.4 Å². The van der Waals surface area contributed by atoms with Gasteiger partial charge in [0.25, 0.3) is 5.91 Å². The molecule has 2 amide bonds. The number of carbonyl (C=O) groups is 2. The summed E-state index contributed by atoms with van der Waals surface area (Å²) >= 11 is 0. The second-order valence-electron chi connectivity index (χ2n) is 6.49. The molecule has 3 N–H and O–H groups in total. The maximum absolute atomic E-state index is 12.3. The van der Waals surface area contributed by atoms with Crippen LogP contribution in [0, 0.1) is 13.8 Å². The summed E-state index contributed by atoms with van der Waals surface area (Å²) in [5.74, 6) is 0.255. The Bertz CT molecular complexity index is 965. The maximum atomic E-state index is 12.3. The smallest absolute Gasteiger partial charge is 0.251 e. The molecule has 0 fully saturated rings. The van der Waals surface area contributed by atoms with Gasteiger partial charge in [-0.25, -0.2) is 0 Å². The Hall–Kier alpha value is -3.54. The number of hydrogen-bond donors (Lipinski definition) is 3. The first kappa shape index (κ1) is 19.2. The Labute approximate surface area is 164 Å². The van der Waals surface area contributed by atoms with Crippen LogP contribution >= 0.6 is 0 Å². The van der Waals surface area contributed by atoms with Gasteiger partial charge in [-0.3, -0.25) is 9.59 Å². The van der Waals surface area contributed by atoms with Crippen molar-refractivity contribution in [2.75, 3.05) is 17.2 Å². The molecule has 0 saturated heterocycles. The SMILES string of the molecule is Cc1cccc(NCC(=O)Nc2cccc(C(=O)NCc3ccco3)c2)c1C. The molecule has 6 nitrogen and oxygen atoms in total. The van der Waals surface area contributed by atoms with Gasteiger partial charge in [-0.1, -0.05) is 18.2 Å². The van der Waals surface area contributed by atoms with Crippen molar-refractivity contribution in [3.63, 3.8) is 0 Å². The van der Waals surface area contributed by atoms with Crippen LogP contribution in [0.15, 0.2) is 65.3 Å². The lowest BCUT2D eigenvalue weighted by atomic mass is 10.1. The van der Waals surface area contributed by atoms with Crippen LogP contribution in [0.4, 0.5) is 11.4 Å². The highest BCUT2D eigenvalue weighted by Crippen LogP contribution is 2.17. The fourth-order valence-corrected chi connectivity index (χ4v) is 2.74. The quantitative estimate of drug-likeness (QED) is 0.583. The summed E-state index contributed by atoms with van der Waals surface area (Å²) in [4.78, 5) is 24.5. The van der Waals surface area contributed by atoms with E-state index in [9.17, 15) is 9.59 Å². The van der Waals surface area contributed by atoms with Crippen LogP contribution in [-0.4, -0.2) is 18.4 Å². The minimum atomic E-state index is -0.235. The summed E-state index contributed by atoms with van der Waals surface area (Å²) in [6.45, 7) is 4.49. The monoisotopic (exact) mass is 377 g/mol. The topological polar surface area (TPSA) is 83.4 Å². The maximum Gasteiger partial charge on any atom is 0.251 e. The summed E-state index contributed by atoms with van der Waals surface area (Å²) in [5, 5.41) is 8.74. The molecular weight excluding hydrogens is 354 g/mol. The Kier molecular flexibility index (Phi) is 6.11. The van der Waals surface area contributed by atoms with Crippen LogP contribution in [0.25, 0.3) is 0 Å². The van der Waals surface area contributed by atoms with Crippen LogP contribution in [0.2, 0.25) is 0 Å². The number of hydrogen-bond acceptors (Lipinski definition) is 4. The third kappa shape index (κ3) is 5.01. The van der Waals surface area contributed by atoms with E-state index < -0.39 is 0 Å². The molecule has 1 aromatic heterocycles. The Balaban J connectivity index is 1.55. The molecule has 0 spiro atoms. The summed E-state index contributed by atoms with van der Waals surface area (Å²) in [6, 6.07) is 16.3. The van der Waals surface area contributed by atoms with E-state index in [0.29, 0.717) is 23.6 Å². The zero-order valence-electron chi connectivity index (χ0n) is 15.9. The molecule has 0 bridgehead atoms. The van der Waals surface area contributed by atoms with Crippen LogP contribution in [0.5, 0.6) is 0 Å². The predicted molar refractivity (Wildman–Crippen MR) is 109 cm³/mol. The van der Waals surface area contributed by atoms with E-state index in [4.69, 9.17) is 4.42 Å². The van der Waals surface area contributed by atoms with Crippen LogP contribution < -0.4 is 16.0 Å². The highest BCUT2D eigenvalue weighted by Gasteiger charge is 2.09. The Morgan fingerprint density at radius 3 is 2.61 bits per heavy atom. The van der Waals surface area contributed by atoms with Crippen molar-refractivity contribution < 1.29 is 14.0 Å². The molecule has 0 aliphatic rings. The van der Waals surface area contributed by atoms with E-state index in [1.165, 1.54) is 5.56 Å². The highest BCUT2D eigenvalue weighted by atomic mass is 16.3. The van der Waals surface area contributed by atoms with E-state index in [1.54, 1.807) is 42.7 Å². The number of furan rings is 1. The first-order chi connectivity index (χ1) is 13.5. The molecule has 2 aromatic carbocycles. The van der Waals surface area contributed by atoms with Crippen molar-refractivity contribution in [1.29, 1.82) is 0 Å². The molecule has 0 radical (unpaired) electrons. The van der Waals surface area contributed by atoms with Gasteiger partial charge in [-0.05, 0) is 61.4 Å². The molecule has 3 rings (SSSR count). The van der Waals surface area contributed by atoms with E-state index in [2.05, 4.69) is 16.0 Å². The van der Waals surface area contributed by atoms with Gasteiger partial charge < -0.3 is 20.4 Å². The molecule has 6 heteroatoms. The van der Waals surface area contributed by atoms with Gasteiger partial charge in [-0.2, -0.15) is 0 Å². The lowest BCUT2D eigenvalue weighted by molar-refractivity contribution is -0.114. The number of nitrogens with one attached hydrogen (secondary N) is 3. The van der Waals surface area contributed by atoms with E-state index in [-0.39, 0.29) is 18.4 Å². The molecule has 3 aromatic rings. The van der Waals surface area contributed by atoms with E-state index >= 15 is 0 Å². The third-order valence-corrected chi connectivity index (χ3v) is 4.46. The summed E-state index contributed by atoms with van der Waals surface area (Å²) in [5.41, 5.74) is 4.25. The number of aryl methyl sites for hydroxylation is 1. The molecule has 144 valence electrons. The first-order valence-corrected chi connectivity index (χ1v) is 9.03. The predicted octanol–water partition coefficient (Wildman–Crippen LogP) is 3.88. The van der Waals surface area contributed by atoms with Gasteiger partial charge in [0.2, 0.25) is 5.91 Å². The van der Waals surface area contributed by atoms with Crippen molar-refractivity contribution in [1.82, 2.24) is 5.32 Å². The van der Waals surface area contributed by atoms with Crippen LogP contribution in [0.3, 0.4) is 0 Å². The van der Waals surface area contributed by atoms with E-state index in [0.717, 1.165) is 11.3 Å². The van der Waals surface area contributed by atoms with Crippen molar-refractivity contribution in [2.24, 2.45) is 0 Å². The Morgan fingerprint density at radius 1 is 1.00 bits per heavy atom. The van der Waals surface area contributed by atoms with Gasteiger partial charge in [0, 0.05) is 16.9 Å². The fraction of sp³-hybridized carbons (Fsp3) is 0.182. The molecular formula is C22H23N3O3. The molecule has 0 unspecified atom stereocenters. The normalized spacial score (nSPS) is 10.4. The minimum Gasteiger partial charge on any atom is -0.467 e. The summed E-state index contributed by atoms with van der Waals surface area (Å²) in [7, 11) is 0. The van der Waals surface area contributed by atoms with Crippen LogP contribution in [-0.2, 0) is 11.3 Å². The number of anilines is 2. The number of carbonyl (C=O) groups excluding carboxylic acids is 2. The van der Waals surface area contributed by atoms with Crippen molar-refractivity contribution >= 4 is 23.2 Å². The average molecular weight is 377 g/mol. The minimum absolute atomic E-state index is 0.138. The zero-order valence-corrected chi connectivity index (χ0v) is 15.9. The highest BCUT2D eigenvalue weighted by molar-refractivity contribution is 5.98. The fourth-order valence-electron chi connectivity index (χ4n) is 2.74. The van der Waals surface area contributed by atoms with Gasteiger partial charge in [0.15, 0.2) is 0 Å². The lowest BCUT2D eigenvalue weighted by Gasteiger charge is -2.12. The zero-order chi connectivity index (χ0) is 19.9. The molecule has 0 aliphatic heterocycles. The average Bonchev–Trinajstić information content (AvgIpc) is 3.21. The molecule has 28 heavy (non-hydrogen) atoms. The van der Waals surface area contributed by atoms with Crippen molar-refractivity contribution in [2.45, 2.75) is 20.4 Å². The Morgan fingerprint density at radius 2 is 1.82 bits per heavy atom. The first-order valence-electron chi connectivity index (χ1n) is 9.03. The molecule has 0 saturated carbocycles. The van der Waals surface area contributed by atoms with E-state index in [1.807, 2.05) is 32.0 Å². The van der Waals surface area contributed by atoms with Gasteiger partial charge in [0.1, 0.15) is 5.76 Å². The number of rotatable bonds is 7. The molecule has 0 aliphatic carbocycles. The van der Waals surface area contributed by atoms with Crippen molar-refractivity contribution in [3.8, 4) is 0 Å². The second kappa shape index (κ2) is 8.90. The van der Waals surface area contributed by atoms with Gasteiger partial charge in [-0.15, -0.1) is 0 Å².